The molecule has 2 aromatic rings. The fraction of sp³-hybridized carbons (Fsp3) is 0.312. The molecule has 0 saturated heterocycles. The molecule has 0 radical (unpaired) electrons. The molecular weight excluding hydrogens is 268 g/mol. The first-order valence-electron chi connectivity index (χ1n) is 6.77. The van der Waals surface area contributed by atoms with Crippen molar-refractivity contribution < 1.29 is 9.47 Å². The Morgan fingerprint density at radius 1 is 1.10 bits per heavy atom. The lowest BCUT2D eigenvalue weighted by Crippen LogP contribution is -2.28. The molecule has 1 aromatic carbocycles. The minimum atomic E-state index is -0.0668. The Bertz CT molecular complexity index is 648. The van der Waals surface area contributed by atoms with Gasteiger partial charge in [-0.2, -0.15) is 0 Å². The Labute approximate surface area is 123 Å². The first-order chi connectivity index (χ1) is 10.2. The van der Waals surface area contributed by atoms with E-state index in [-0.39, 0.29) is 12.1 Å². The van der Waals surface area contributed by atoms with Gasteiger partial charge in [0.1, 0.15) is 5.75 Å². The molecule has 1 heterocycles. The minimum absolute atomic E-state index is 0.0668. The molecule has 5 heteroatoms. The quantitative estimate of drug-likeness (QED) is 0.877. The van der Waals surface area contributed by atoms with Gasteiger partial charge in [0.05, 0.1) is 19.4 Å². The second-order valence-electron chi connectivity index (χ2n) is 4.63. The molecule has 1 aromatic heterocycles. The smallest absolute Gasteiger partial charge is 0.255 e. The minimum Gasteiger partial charge on any atom is -0.497 e. The lowest BCUT2D eigenvalue weighted by atomic mass is 10.1. The highest BCUT2D eigenvalue weighted by atomic mass is 16.5. The summed E-state index contributed by atoms with van der Waals surface area (Å²) < 4.78 is 11.9. The third-order valence-corrected chi connectivity index (χ3v) is 3.38. The summed E-state index contributed by atoms with van der Waals surface area (Å²) in [6.45, 7) is 1.19. The summed E-state index contributed by atoms with van der Waals surface area (Å²) in [7, 11) is 3.24. The van der Waals surface area contributed by atoms with Crippen LogP contribution in [0.2, 0.25) is 0 Å². The van der Waals surface area contributed by atoms with Gasteiger partial charge in [-0.15, -0.1) is 0 Å². The van der Waals surface area contributed by atoms with Gasteiger partial charge in [-0.3, -0.25) is 4.79 Å². The van der Waals surface area contributed by atoms with Crippen molar-refractivity contribution in [2.45, 2.75) is 13.1 Å². The van der Waals surface area contributed by atoms with Crippen LogP contribution in [-0.4, -0.2) is 25.4 Å². The predicted octanol–water partition coefficient (Wildman–Crippen LogP) is 1.63. The largest absolute Gasteiger partial charge is 0.497 e. The summed E-state index contributed by atoms with van der Waals surface area (Å²) in [5.41, 5.74) is 7.94. The molecule has 0 unspecified atom stereocenters. The highest BCUT2D eigenvalue weighted by molar-refractivity contribution is 5.61. The number of aromatic nitrogens is 1. The fourth-order valence-corrected chi connectivity index (χ4v) is 2.20. The van der Waals surface area contributed by atoms with Crippen molar-refractivity contribution in [2.75, 3.05) is 20.8 Å². The van der Waals surface area contributed by atoms with E-state index >= 15 is 0 Å². The normalized spacial score (nSPS) is 10.6. The van der Waals surface area contributed by atoms with Gasteiger partial charge in [0.25, 0.3) is 5.56 Å². The van der Waals surface area contributed by atoms with Gasteiger partial charge in [0.15, 0.2) is 0 Å². The SMILES string of the molecule is COCCn1c(-c2ccc(OC)cc2)ccc(CN)c1=O. The van der Waals surface area contributed by atoms with Crippen LogP contribution in [0.25, 0.3) is 11.3 Å². The zero-order valence-corrected chi connectivity index (χ0v) is 12.3. The second kappa shape index (κ2) is 7.06. The van der Waals surface area contributed by atoms with Gasteiger partial charge in [-0.1, -0.05) is 6.07 Å². The van der Waals surface area contributed by atoms with Crippen LogP contribution in [0.5, 0.6) is 5.75 Å². The van der Waals surface area contributed by atoms with Gasteiger partial charge in [0, 0.05) is 25.8 Å². The van der Waals surface area contributed by atoms with E-state index in [1.807, 2.05) is 30.3 Å². The summed E-state index contributed by atoms with van der Waals surface area (Å²) in [4.78, 5) is 12.4. The number of hydrogen-bond donors (Lipinski definition) is 1. The van der Waals surface area contributed by atoms with Gasteiger partial charge < -0.3 is 19.8 Å². The molecule has 0 aliphatic carbocycles. The summed E-state index contributed by atoms with van der Waals surface area (Å²) in [5, 5.41) is 0. The van der Waals surface area contributed by atoms with Gasteiger partial charge in [0.2, 0.25) is 0 Å². The summed E-state index contributed by atoms with van der Waals surface area (Å²) in [6, 6.07) is 11.3. The number of nitrogens with two attached hydrogens (primary N) is 1. The molecule has 0 fully saturated rings. The topological polar surface area (TPSA) is 66.5 Å². The molecular formula is C16H20N2O3. The number of hydrogen-bond acceptors (Lipinski definition) is 4. The number of rotatable bonds is 6. The summed E-state index contributed by atoms with van der Waals surface area (Å²) >= 11 is 0. The van der Waals surface area contributed by atoms with Crippen LogP contribution in [0.1, 0.15) is 5.56 Å². The monoisotopic (exact) mass is 288 g/mol. The van der Waals surface area contributed by atoms with E-state index in [9.17, 15) is 4.79 Å². The van der Waals surface area contributed by atoms with E-state index in [0.29, 0.717) is 18.7 Å². The van der Waals surface area contributed by atoms with Crippen LogP contribution >= 0.6 is 0 Å². The Morgan fingerprint density at radius 2 is 1.81 bits per heavy atom. The van der Waals surface area contributed by atoms with Crippen LogP contribution in [0, 0.1) is 0 Å². The molecule has 0 atom stereocenters. The first kappa shape index (κ1) is 15.3. The van der Waals surface area contributed by atoms with Crippen LogP contribution in [0.4, 0.5) is 0 Å². The third kappa shape index (κ3) is 3.32. The van der Waals surface area contributed by atoms with Gasteiger partial charge in [-0.05, 0) is 35.9 Å². The van der Waals surface area contributed by atoms with Crippen molar-refractivity contribution in [3.8, 4) is 17.0 Å². The Hall–Kier alpha value is -2.11. The van der Waals surface area contributed by atoms with E-state index in [4.69, 9.17) is 15.2 Å². The van der Waals surface area contributed by atoms with Crippen molar-refractivity contribution in [2.24, 2.45) is 5.73 Å². The molecule has 0 bridgehead atoms. The Kier molecular flexibility index (Phi) is 5.14. The van der Waals surface area contributed by atoms with Crippen LogP contribution in [-0.2, 0) is 17.8 Å². The van der Waals surface area contributed by atoms with Crippen LogP contribution in [0.3, 0.4) is 0 Å². The van der Waals surface area contributed by atoms with E-state index in [2.05, 4.69) is 0 Å². The summed E-state index contributed by atoms with van der Waals surface area (Å²) in [6.07, 6.45) is 0. The Balaban J connectivity index is 2.50. The van der Waals surface area contributed by atoms with Crippen molar-refractivity contribution in [3.63, 3.8) is 0 Å². The highest BCUT2D eigenvalue weighted by Gasteiger charge is 2.10. The van der Waals surface area contributed by atoms with E-state index in [0.717, 1.165) is 17.0 Å². The first-order valence-corrected chi connectivity index (χ1v) is 6.77. The highest BCUT2D eigenvalue weighted by Crippen LogP contribution is 2.21. The van der Waals surface area contributed by atoms with E-state index in [1.54, 1.807) is 24.9 Å². The average Bonchev–Trinajstić information content (AvgIpc) is 2.53. The van der Waals surface area contributed by atoms with Gasteiger partial charge in [-0.25, -0.2) is 0 Å². The molecule has 21 heavy (non-hydrogen) atoms. The van der Waals surface area contributed by atoms with Crippen LogP contribution in [0.15, 0.2) is 41.2 Å². The van der Waals surface area contributed by atoms with Crippen molar-refractivity contribution in [3.05, 3.63) is 52.3 Å². The second-order valence-corrected chi connectivity index (χ2v) is 4.63. The molecule has 0 aliphatic rings. The zero-order valence-electron chi connectivity index (χ0n) is 12.3. The van der Waals surface area contributed by atoms with Gasteiger partial charge >= 0.3 is 0 Å². The van der Waals surface area contributed by atoms with Crippen molar-refractivity contribution >= 4 is 0 Å². The number of benzene rings is 1. The maximum Gasteiger partial charge on any atom is 0.255 e. The molecule has 112 valence electrons. The van der Waals surface area contributed by atoms with Crippen molar-refractivity contribution in [1.82, 2.24) is 4.57 Å². The zero-order chi connectivity index (χ0) is 15.2. The Morgan fingerprint density at radius 3 is 2.38 bits per heavy atom. The van der Waals surface area contributed by atoms with Crippen molar-refractivity contribution in [1.29, 1.82) is 0 Å². The van der Waals surface area contributed by atoms with Crippen LogP contribution < -0.4 is 16.0 Å². The average molecular weight is 288 g/mol. The van der Waals surface area contributed by atoms with E-state index in [1.165, 1.54) is 0 Å². The molecule has 0 saturated carbocycles. The number of nitrogens with zero attached hydrogens (tertiary/aromatic N) is 1. The standard InChI is InChI=1S/C16H20N2O3/c1-20-10-9-18-15(8-5-13(11-17)16(18)19)12-3-6-14(21-2)7-4-12/h3-8H,9-11,17H2,1-2H3. The molecule has 2 rings (SSSR count). The predicted molar refractivity (Wildman–Crippen MR) is 82.5 cm³/mol. The molecule has 0 spiro atoms. The number of pyridine rings is 1. The number of ether oxygens (including phenoxy) is 2. The summed E-state index contributed by atoms with van der Waals surface area (Å²) in [5.74, 6) is 0.781. The van der Waals surface area contributed by atoms with E-state index < -0.39 is 0 Å². The molecule has 5 nitrogen and oxygen atoms in total. The molecule has 0 aliphatic heterocycles. The lowest BCUT2D eigenvalue weighted by molar-refractivity contribution is 0.186. The number of methoxy groups -OCH3 is 2. The molecule has 0 amide bonds. The lowest BCUT2D eigenvalue weighted by Gasteiger charge is -2.14. The maximum absolute atomic E-state index is 12.4. The third-order valence-electron chi connectivity index (χ3n) is 3.38. The maximum atomic E-state index is 12.4. The molecule has 2 N–H and O–H groups in total. The fourth-order valence-electron chi connectivity index (χ4n) is 2.20.